The van der Waals surface area contributed by atoms with E-state index in [9.17, 15) is 9.90 Å². The van der Waals surface area contributed by atoms with Crippen molar-refractivity contribution in [2.75, 3.05) is 13.2 Å². The van der Waals surface area contributed by atoms with E-state index in [-0.39, 0.29) is 17.4 Å². The first kappa shape index (κ1) is 18.2. The van der Waals surface area contributed by atoms with Gasteiger partial charge in [0.1, 0.15) is 17.4 Å². The van der Waals surface area contributed by atoms with Crippen molar-refractivity contribution in [3.05, 3.63) is 74.6 Å². The molecule has 1 fully saturated rings. The van der Waals surface area contributed by atoms with Crippen molar-refractivity contribution >= 4 is 26.9 Å². The van der Waals surface area contributed by atoms with Gasteiger partial charge in [0.2, 0.25) is 0 Å². The lowest BCUT2D eigenvalue weighted by Crippen LogP contribution is -2.33. The molecule has 1 N–H and O–H groups in total. The third kappa shape index (κ3) is 4.06. The van der Waals surface area contributed by atoms with E-state index in [1.165, 1.54) is 12.1 Å². The van der Waals surface area contributed by atoms with E-state index < -0.39 is 11.9 Å². The average molecular weight is 433 g/mol. The molecule has 1 aromatic heterocycles. The number of hydrogen-bond donors (Lipinski definition) is 1. The van der Waals surface area contributed by atoms with Gasteiger partial charge in [0.25, 0.3) is 0 Å². The van der Waals surface area contributed by atoms with Gasteiger partial charge in [-0.2, -0.15) is 0 Å². The van der Waals surface area contributed by atoms with Crippen LogP contribution in [0.4, 0.5) is 0 Å². The van der Waals surface area contributed by atoms with Gasteiger partial charge in [-0.25, -0.2) is 4.79 Å². The van der Waals surface area contributed by atoms with E-state index in [2.05, 4.69) is 15.9 Å². The molecular formula is C20H17BrO6. The monoisotopic (exact) mass is 432 g/mol. The van der Waals surface area contributed by atoms with Gasteiger partial charge in [-0.15, -0.1) is 0 Å². The number of hydrogen-bond acceptors (Lipinski definition) is 6. The zero-order valence-electron chi connectivity index (χ0n) is 14.3. The number of ether oxygens (including phenoxy) is 3. The molecule has 1 aliphatic heterocycles. The summed E-state index contributed by atoms with van der Waals surface area (Å²) in [5.41, 5.74) is 1.38. The first-order valence-electron chi connectivity index (χ1n) is 8.45. The van der Waals surface area contributed by atoms with Crippen LogP contribution in [0.5, 0.6) is 5.75 Å². The fraction of sp³-hybridized carbons (Fsp3) is 0.250. The summed E-state index contributed by atoms with van der Waals surface area (Å²) < 4.78 is 23.1. The number of phenols is 1. The number of rotatable bonds is 4. The van der Waals surface area contributed by atoms with Gasteiger partial charge < -0.3 is 23.7 Å². The van der Waals surface area contributed by atoms with Crippen LogP contribution in [0.15, 0.2) is 62.2 Å². The highest BCUT2D eigenvalue weighted by Gasteiger charge is 2.26. The maximum absolute atomic E-state index is 11.9. The lowest BCUT2D eigenvalue weighted by Gasteiger charge is -2.30. The Bertz CT molecular complexity index is 993. The lowest BCUT2D eigenvalue weighted by atomic mass is 10.1. The van der Waals surface area contributed by atoms with Crippen molar-refractivity contribution in [2.45, 2.75) is 19.0 Å². The maximum atomic E-state index is 11.9. The molecule has 2 heterocycles. The van der Waals surface area contributed by atoms with E-state index in [4.69, 9.17) is 18.6 Å². The summed E-state index contributed by atoms with van der Waals surface area (Å²) >= 11 is 3.27. The molecule has 0 atom stereocenters. The minimum atomic E-state index is -0.704. The van der Waals surface area contributed by atoms with Crippen LogP contribution in [0, 0.1) is 0 Å². The predicted molar refractivity (Wildman–Crippen MR) is 102 cm³/mol. The first-order chi connectivity index (χ1) is 13.1. The fourth-order valence-corrected chi connectivity index (χ4v) is 3.28. The largest absolute Gasteiger partial charge is 0.507 e. The SMILES string of the molecule is O=c1cc(C2OCC(OCc3ccccc3)CO2)c2cc(Br)c(O)cc2o1. The number of halogens is 1. The zero-order valence-corrected chi connectivity index (χ0v) is 15.8. The summed E-state index contributed by atoms with van der Waals surface area (Å²) in [6.45, 7) is 1.17. The normalized spacial score (nSPS) is 20.0. The number of benzene rings is 2. The molecule has 0 radical (unpaired) electrons. The van der Waals surface area contributed by atoms with Gasteiger partial charge in [-0.3, -0.25) is 0 Å². The Morgan fingerprint density at radius 3 is 2.59 bits per heavy atom. The smallest absolute Gasteiger partial charge is 0.336 e. The van der Waals surface area contributed by atoms with E-state index in [0.29, 0.717) is 35.2 Å². The zero-order chi connectivity index (χ0) is 18.8. The predicted octanol–water partition coefficient (Wildman–Crippen LogP) is 3.89. The third-order valence-corrected chi connectivity index (χ3v) is 4.93. The molecular weight excluding hydrogens is 416 g/mol. The minimum Gasteiger partial charge on any atom is -0.507 e. The maximum Gasteiger partial charge on any atom is 0.336 e. The van der Waals surface area contributed by atoms with E-state index in [1.807, 2.05) is 30.3 Å². The molecule has 7 heteroatoms. The summed E-state index contributed by atoms with van der Waals surface area (Å²) in [7, 11) is 0. The van der Waals surface area contributed by atoms with Crippen LogP contribution in [0.25, 0.3) is 11.0 Å². The molecule has 0 unspecified atom stereocenters. The van der Waals surface area contributed by atoms with Gasteiger partial charge in [0.05, 0.1) is 24.3 Å². The second-order valence-corrected chi connectivity index (χ2v) is 7.09. The van der Waals surface area contributed by atoms with Crippen molar-refractivity contribution in [3.63, 3.8) is 0 Å². The van der Waals surface area contributed by atoms with Gasteiger partial charge in [0, 0.05) is 23.1 Å². The molecule has 0 amide bonds. The molecule has 0 saturated carbocycles. The molecule has 3 aromatic rings. The molecule has 6 nitrogen and oxygen atoms in total. The average Bonchev–Trinajstić information content (AvgIpc) is 2.68. The van der Waals surface area contributed by atoms with Crippen molar-refractivity contribution < 1.29 is 23.7 Å². The highest BCUT2D eigenvalue weighted by atomic mass is 79.9. The van der Waals surface area contributed by atoms with Gasteiger partial charge in [-0.05, 0) is 27.6 Å². The van der Waals surface area contributed by atoms with Crippen molar-refractivity contribution in [3.8, 4) is 5.75 Å². The van der Waals surface area contributed by atoms with Crippen LogP contribution in [0.1, 0.15) is 17.4 Å². The molecule has 0 bridgehead atoms. The summed E-state index contributed by atoms with van der Waals surface area (Å²) in [6.07, 6.45) is -0.895. The molecule has 0 aliphatic carbocycles. The molecule has 2 aromatic carbocycles. The van der Waals surface area contributed by atoms with E-state index >= 15 is 0 Å². The minimum absolute atomic E-state index is 0.0114. The summed E-state index contributed by atoms with van der Waals surface area (Å²) in [5, 5.41) is 10.4. The first-order valence-corrected chi connectivity index (χ1v) is 9.24. The molecule has 140 valence electrons. The van der Waals surface area contributed by atoms with E-state index in [0.717, 1.165) is 5.56 Å². The van der Waals surface area contributed by atoms with Crippen molar-refractivity contribution in [2.24, 2.45) is 0 Å². The Balaban J connectivity index is 1.48. The van der Waals surface area contributed by atoms with Crippen LogP contribution in [0.2, 0.25) is 0 Å². The van der Waals surface area contributed by atoms with Crippen molar-refractivity contribution in [1.82, 2.24) is 0 Å². The Labute approximate surface area is 163 Å². The Morgan fingerprint density at radius 1 is 1.11 bits per heavy atom. The fourth-order valence-electron chi connectivity index (χ4n) is 2.94. The molecule has 1 aliphatic rings. The van der Waals surface area contributed by atoms with Gasteiger partial charge >= 0.3 is 5.63 Å². The Hall–Kier alpha value is -2.19. The standard InChI is InChI=1S/C20H17BrO6/c21-16-6-14-15(7-19(23)27-18(14)8-17(16)22)20-25-10-13(11-26-20)24-9-12-4-2-1-3-5-12/h1-8,13,20,22H,9-11H2. The van der Waals surface area contributed by atoms with Crippen LogP contribution >= 0.6 is 15.9 Å². The van der Waals surface area contributed by atoms with Crippen LogP contribution < -0.4 is 5.63 Å². The summed E-state index contributed by atoms with van der Waals surface area (Å²) in [5.74, 6) is -0.0114. The topological polar surface area (TPSA) is 78.1 Å². The highest BCUT2D eigenvalue weighted by molar-refractivity contribution is 9.10. The van der Waals surface area contributed by atoms with Crippen LogP contribution in [-0.2, 0) is 20.8 Å². The lowest BCUT2D eigenvalue weighted by molar-refractivity contribution is -0.232. The number of fused-ring (bicyclic) bond motifs is 1. The van der Waals surface area contributed by atoms with Crippen molar-refractivity contribution in [1.29, 1.82) is 0 Å². The highest BCUT2D eigenvalue weighted by Crippen LogP contribution is 2.34. The Morgan fingerprint density at radius 2 is 1.85 bits per heavy atom. The quantitative estimate of drug-likeness (QED) is 0.630. The molecule has 27 heavy (non-hydrogen) atoms. The second-order valence-electron chi connectivity index (χ2n) is 6.24. The number of phenolic OH excluding ortho intramolecular Hbond substituents is 1. The molecule has 4 rings (SSSR count). The van der Waals surface area contributed by atoms with Gasteiger partial charge in [0.15, 0.2) is 6.29 Å². The molecule has 0 spiro atoms. The van der Waals surface area contributed by atoms with Crippen LogP contribution in [0.3, 0.4) is 0 Å². The second kappa shape index (κ2) is 7.82. The van der Waals surface area contributed by atoms with Crippen LogP contribution in [-0.4, -0.2) is 24.4 Å². The third-order valence-electron chi connectivity index (χ3n) is 4.29. The van der Waals surface area contributed by atoms with E-state index in [1.54, 1.807) is 6.07 Å². The molecule has 1 saturated heterocycles. The summed E-state index contributed by atoms with van der Waals surface area (Å²) in [4.78, 5) is 11.9. The number of aromatic hydroxyl groups is 1. The Kier molecular flexibility index (Phi) is 5.27. The summed E-state index contributed by atoms with van der Waals surface area (Å²) in [6, 6.07) is 14.3. The van der Waals surface area contributed by atoms with Gasteiger partial charge in [-0.1, -0.05) is 30.3 Å².